The standard InChI is InChI=1S/C7H6BrIO/c8-4-5-2-1-3-6(9)7(5)10/h1-3,10H,4H2. The van der Waals surface area contributed by atoms with Gasteiger partial charge in [0.15, 0.2) is 0 Å². The zero-order chi connectivity index (χ0) is 7.56. The highest BCUT2D eigenvalue weighted by Gasteiger charge is 2.00. The molecule has 0 unspecified atom stereocenters. The number of hydrogen-bond donors (Lipinski definition) is 1. The average molecular weight is 313 g/mol. The first kappa shape index (κ1) is 8.33. The van der Waals surface area contributed by atoms with Crippen LogP contribution in [0, 0.1) is 3.57 Å². The molecule has 0 spiro atoms. The van der Waals surface area contributed by atoms with Gasteiger partial charge >= 0.3 is 0 Å². The largest absolute Gasteiger partial charge is 0.507 e. The molecule has 10 heavy (non-hydrogen) atoms. The van der Waals surface area contributed by atoms with E-state index in [0.717, 1.165) is 9.13 Å². The summed E-state index contributed by atoms with van der Waals surface area (Å²) >= 11 is 5.38. The second-order valence-corrected chi connectivity index (χ2v) is 3.60. The van der Waals surface area contributed by atoms with Crippen molar-refractivity contribution in [1.29, 1.82) is 0 Å². The second kappa shape index (κ2) is 3.57. The minimum atomic E-state index is 0.389. The predicted octanol–water partition coefficient (Wildman–Crippen LogP) is 2.89. The quantitative estimate of drug-likeness (QED) is 0.624. The fraction of sp³-hybridized carbons (Fsp3) is 0.143. The van der Waals surface area contributed by atoms with Gasteiger partial charge in [0.1, 0.15) is 5.75 Å². The van der Waals surface area contributed by atoms with E-state index in [0.29, 0.717) is 11.1 Å². The summed E-state index contributed by atoms with van der Waals surface area (Å²) in [6.45, 7) is 0. The number of benzene rings is 1. The molecule has 54 valence electrons. The molecule has 0 bridgehead atoms. The summed E-state index contributed by atoms with van der Waals surface area (Å²) in [5.74, 6) is 0.389. The van der Waals surface area contributed by atoms with Gasteiger partial charge in [-0.2, -0.15) is 0 Å². The van der Waals surface area contributed by atoms with E-state index in [1.807, 2.05) is 18.2 Å². The van der Waals surface area contributed by atoms with Gasteiger partial charge in [0.05, 0.1) is 3.57 Å². The van der Waals surface area contributed by atoms with Crippen molar-refractivity contribution in [3.63, 3.8) is 0 Å². The fourth-order valence-corrected chi connectivity index (χ4v) is 1.67. The van der Waals surface area contributed by atoms with Gasteiger partial charge in [-0.05, 0) is 28.7 Å². The molecule has 0 atom stereocenters. The SMILES string of the molecule is Oc1c(I)cccc1CBr. The lowest BCUT2D eigenvalue weighted by atomic mass is 10.2. The summed E-state index contributed by atoms with van der Waals surface area (Å²) in [5, 5.41) is 10.1. The summed E-state index contributed by atoms with van der Waals surface area (Å²) in [5.41, 5.74) is 0.937. The summed E-state index contributed by atoms with van der Waals surface area (Å²) in [6, 6.07) is 5.70. The van der Waals surface area contributed by atoms with Crippen molar-refractivity contribution in [2.45, 2.75) is 5.33 Å². The van der Waals surface area contributed by atoms with Crippen molar-refractivity contribution < 1.29 is 5.11 Å². The highest BCUT2D eigenvalue weighted by molar-refractivity contribution is 14.1. The molecule has 1 N–H and O–H groups in total. The van der Waals surface area contributed by atoms with Crippen LogP contribution in [-0.2, 0) is 5.33 Å². The van der Waals surface area contributed by atoms with Gasteiger partial charge in [0, 0.05) is 10.9 Å². The predicted molar refractivity (Wildman–Crippen MR) is 53.5 cm³/mol. The summed E-state index contributed by atoms with van der Waals surface area (Å²) in [7, 11) is 0. The Labute approximate surface area is 81.7 Å². The maximum Gasteiger partial charge on any atom is 0.132 e. The zero-order valence-electron chi connectivity index (χ0n) is 5.14. The third-order valence-electron chi connectivity index (χ3n) is 1.21. The Morgan fingerprint density at radius 2 is 2.20 bits per heavy atom. The minimum Gasteiger partial charge on any atom is -0.507 e. The van der Waals surface area contributed by atoms with Crippen LogP contribution in [0.3, 0.4) is 0 Å². The van der Waals surface area contributed by atoms with Gasteiger partial charge in [0.2, 0.25) is 0 Å². The van der Waals surface area contributed by atoms with Gasteiger partial charge < -0.3 is 5.11 Å². The molecule has 0 amide bonds. The maximum absolute atomic E-state index is 9.36. The van der Waals surface area contributed by atoms with Gasteiger partial charge in [-0.1, -0.05) is 28.1 Å². The Kier molecular flexibility index (Phi) is 2.97. The molecule has 0 aliphatic heterocycles. The van der Waals surface area contributed by atoms with Crippen LogP contribution in [-0.4, -0.2) is 5.11 Å². The van der Waals surface area contributed by atoms with Crippen LogP contribution in [0.1, 0.15) is 5.56 Å². The van der Waals surface area contributed by atoms with Crippen molar-refractivity contribution in [3.8, 4) is 5.75 Å². The number of rotatable bonds is 1. The Balaban J connectivity index is 3.14. The third-order valence-corrected chi connectivity index (χ3v) is 2.69. The lowest BCUT2D eigenvalue weighted by molar-refractivity contribution is 0.467. The summed E-state index contributed by atoms with van der Waals surface area (Å²) < 4.78 is 0.898. The molecule has 0 saturated heterocycles. The first-order chi connectivity index (χ1) is 4.75. The Morgan fingerprint density at radius 1 is 1.50 bits per heavy atom. The van der Waals surface area contributed by atoms with Crippen LogP contribution in [0.4, 0.5) is 0 Å². The Morgan fingerprint density at radius 3 is 2.70 bits per heavy atom. The molecule has 0 heterocycles. The van der Waals surface area contributed by atoms with Gasteiger partial charge in [-0.3, -0.25) is 0 Å². The third kappa shape index (κ3) is 1.63. The molecule has 1 aromatic carbocycles. The molecule has 0 saturated carbocycles. The number of alkyl halides is 1. The Hall–Kier alpha value is 0.230. The summed E-state index contributed by atoms with van der Waals surface area (Å²) in [6.07, 6.45) is 0. The number of phenols is 1. The second-order valence-electron chi connectivity index (χ2n) is 1.88. The Bertz CT molecular complexity index is 237. The molecular weight excluding hydrogens is 307 g/mol. The van der Waals surface area contributed by atoms with E-state index in [-0.39, 0.29) is 0 Å². The molecule has 0 aliphatic rings. The molecule has 0 aromatic heterocycles. The van der Waals surface area contributed by atoms with E-state index in [4.69, 9.17) is 0 Å². The highest BCUT2D eigenvalue weighted by atomic mass is 127. The fourth-order valence-electron chi connectivity index (χ4n) is 0.668. The number of aromatic hydroxyl groups is 1. The highest BCUT2D eigenvalue weighted by Crippen LogP contribution is 2.25. The smallest absolute Gasteiger partial charge is 0.132 e. The molecule has 0 fully saturated rings. The van der Waals surface area contributed by atoms with Crippen molar-refractivity contribution >= 4 is 38.5 Å². The van der Waals surface area contributed by atoms with E-state index in [9.17, 15) is 5.11 Å². The van der Waals surface area contributed by atoms with Crippen LogP contribution >= 0.6 is 38.5 Å². The number of para-hydroxylation sites is 1. The van der Waals surface area contributed by atoms with E-state index < -0.39 is 0 Å². The van der Waals surface area contributed by atoms with Crippen LogP contribution < -0.4 is 0 Å². The van der Waals surface area contributed by atoms with E-state index in [1.54, 1.807) is 0 Å². The normalized spacial score (nSPS) is 9.80. The van der Waals surface area contributed by atoms with Crippen LogP contribution in [0.5, 0.6) is 5.75 Å². The van der Waals surface area contributed by atoms with Gasteiger partial charge in [0.25, 0.3) is 0 Å². The van der Waals surface area contributed by atoms with Crippen molar-refractivity contribution in [3.05, 3.63) is 27.3 Å². The number of hydrogen-bond acceptors (Lipinski definition) is 1. The van der Waals surface area contributed by atoms with Crippen LogP contribution in [0.15, 0.2) is 18.2 Å². The number of halogens is 2. The maximum atomic E-state index is 9.36. The minimum absolute atomic E-state index is 0.389. The molecule has 3 heteroatoms. The lowest BCUT2D eigenvalue weighted by Crippen LogP contribution is -1.80. The zero-order valence-corrected chi connectivity index (χ0v) is 8.89. The van der Waals surface area contributed by atoms with E-state index >= 15 is 0 Å². The first-order valence-corrected chi connectivity index (χ1v) is 4.98. The number of phenolic OH excluding ortho intramolecular Hbond substituents is 1. The average Bonchev–Trinajstić information content (AvgIpc) is 1.95. The van der Waals surface area contributed by atoms with Crippen molar-refractivity contribution in [2.24, 2.45) is 0 Å². The van der Waals surface area contributed by atoms with Gasteiger partial charge in [-0.25, -0.2) is 0 Å². The van der Waals surface area contributed by atoms with Crippen molar-refractivity contribution in [2.75, 3.05) is 0 Å². The molecule has 1 aromatic rings. The molecular formula is C7H6BrIO. The lowest BCUT2D eigenvalue weighted by Gasteiger charge is -2.00. The van der Waals surface area contributed by atoms with E-state index in [1.165, 1.54) is 0 Å². The summed E-state index contributed by atoms with van der Waals surface area (Å²) in [4.78, 5) is 0. The first-order valence-electron chi connectivity index (χ1n) is 2.78. The monoisotopic (exact) mass is 312 g/mol. The molecule has 0 aliphatic carbocycles. The topological polar surface area (TPSA) is 20.2 Å². The van der Waals surface area contributed by atoms with Crippen LogP contribution in [0.25, 0.3) is 0 Å². The molecule has 1 rings (SSSR count). The van der Waals surface area contributed by atoms with Crippen LogP contribution in [0.2, 0.25) is 0 Å². The van der Waals surface area contributed by atoms with Crippen molar-refractivity contribution in [1.82, 2.24) is 0 Å². The van der Waals surface area contributed by atoms with Gasteiger partial charge in [-0.15, -0.1) is 0 Å². The van der Waals surface area contributed by atoms with E-state index in [2.05, 4.69) is 38.5 Å². The molecule has 0 radical (unpaired) electrons. The molecule has 1 nitrogen and oxygen atoms in total.